The van der Waals surface area contributed by atoms with Gasteiger partial charge in [0.05, 0.1) is 25.0 Å². The zero-order valence-corrected chi connectivity index (χ0v) is 13.1. The first-order valence-corrected chi connectivity index (χ1v) is 7.09. The minimum atomic E-state index is -0.357. The molecule has 0 saturated carbocycles. The van der Waals surface area contributed by atoms with Crippen molar-refractivity contribution >= 4 is 23.2 Å². The van der Waals surface area contributed by atoms with E-state index in [-0.39, 0.29) is 18.4 Å². The van der Waals surface area contributed by atoms with Gasteiger partial charge >= 0.3 is 0 Å². The summed E-state index contributed by atoms with van der Waals surface area (Å²) in [5.41, 5.74) is 7.75. The van der Waals surface area contributed by atoms with E-state index in [1.807, 2.05) is 19.1 Å². The maximum absolute atomic E-state index is 12.3. The molecule has 6 heteroatoms. The first-order valence-electron chi connectivity index (χ1n) is 7.09. The van der Waals surface area contributed by atoms with Crippen LogP contribution in [0.3, 0.4) is 0 Å². The summed E-state index contributed by atoms with van der Waals surface area (Å²) in [5.74, 6) is -0.0581. The Hall–Kier alpha value is -2.86. The van der Waals surface area contributed by atoms with Gasteiger partial charge in [-0.1, -0.05) is 17.7 Å². The van der Waals surface area contributed by atoms with Crippen molar-refractivity contribution in [1.29, 1.82) is 0 Å². The van der Waals surface area contributed by atoms with Crippen LogP contribution in [0.15, 0.2) is 42.5 Å². The number of nitrogens with one attached hydrogen (secondary N) is 2. The maximum atomic E-state index is 12.3. The van der Waals surface area contributed by atoms with Crippen molar-refractivity contribution in [3.63, 3.8) is 0 Å². The molecule has 0 fully saturated rings. The van der Waals surface area contributed by atoms with Gasteiger partial charge in [-0.05, 0) is 31.2 Å². The molecule has 4 N–H and O–H groups in total. The van der Waals surface area contributed by atoms with Gasteiger partial charge in [0.25, 0.3) is 5.91 Å². The van der Waals surface area contributed by atoms with Crippen LogP contribution in [0.1, 0.15) is 15.9 Å². The van der Waals surface area contributed by atoms with Gasteiger partial charge in [-0.15, -0.1) is 0 Å². The molecule has 0 saturated heterocycles. The molecule has 0 spiro atoms. The van der Waals surface area contributed by atoms with Gasteiger partial charge in [0, 0.05) is 11.6 Å². The minimum Gasteiger partial charge on any atom is -0.497 e. The topological polar surface area (TPSA) is 93.5 Å². The first-order chi connectivity index (χ1) is 11.0. The fraction of sp³-hybridized carbons (Fsp3) is 0.176. The number of hydrogen-bond acceptors (Lipinski definition) is 4. The average molecular weight is 313 g/mol. The van der Waals surface area contributed by atoms with Crippen LogP contribution in [-0.4, -0.2) is 25.5 Å². The van der Waals surface area contributed by atoms with Crippen LogP contribution in [0.4, 0.5) is 11.4 Å². The Morgan fingerprint density at radius 3 is 2.52 bits per heavy atom. The van der Waals surface area contributed by atoms with Gasteiger partial charge in [-0.3, -0.25) is 9.59 Å². The SMILES string of the molecule is COc1ccc(NC(=O)c2cccc(C)c2)c(NC(=O)CN)c1. The molecule has 0 aliphatic rings. The molecule has 2 aromatic carbocycles. The molecule has 23 heavy (non-hydrogen) atoms. The minimum absolute atomic E-state index is 0.150. The molecule has 0 aromatic heterocycles. The number of amides is 2. The van der Waals surface area contributed by atoms with Crippen molar-refractivity contribution in [2.45, 2.75) is 6.92 Å². The molecule has 0 aliphatic heterocycles. The molecular formula is C17H19N3O3. The highest BCUT2D eigenvalue weighted by molar-refractivity contribution is 6.07. The van der Waals surface area contributed by atoms with Crippen molar-refractivity contribution in [3.05, 3.63) is 53.6 Å². The quantitative estimate of drug-likeness (QED) is 0.788. The van der Waals surface area contributed by atoms with Crippen LogP contribution in [0.2, 0.25) is 0 Å². The van der Waals surface area contributed by atoms with Gasteiger partial charge < -0.3 is 21.1 Å². The van der Waals surface area contributed by atoms with Crippen LogP contribution in [0.5, 0.6) is 5.75 Å². The van der Waals surface area contributed by atoms with Crippen molar-refractivity contribution in [1.82, 2.24) is 0 Å². The van der Waals surface area contributed by atoms with E-state index >= 15 is 0 Å². The molecular weight excluding hydrogens is 294 g/mol. The normalized spacial score (nSPS) is 10.0. The van der Waals surface area contributed by atoms with E-state index in [9.17, 15) is 9.59 Å². The Balaban J connectivity index is 2.27. The van der Waals surface area contributed by atoms with E-state index in [0.717, 1.165) is 5.56 Å². The summed E-state index contributed by atoms with van der Waals surface area (Å²) in [6.45, 7) is 1.76. The van der Waals surface area contributed by atoms with Crippen molar-refractivity contribution in [2.75, 3.05) is 24.3 Å². The lowest BCUT2D eigenvalue weighted by Crippen LogP contribution is -2.23. The fourth-order valence-corrected chi connectivity index (χ4v) is 2.04. The Kier molecular flexibility index (Phi) is 5.32. The summed E-state index contributed by atoms with van der Waals surface area (Å²) in [6.07, 6.45) is 0. The highest BCUT2D eigenvalue weighted by Gasteiger charge is 2.12. The number of carbonyl (C=O) groups is 2. The standard InChI is InChI=1S/C17H19N3O3/c1-11-4-3-5-12(8-11)17(22)20-14-7-6-13(23-2)9-15(14)19-16(21)10-18/h3-9H,10,18H2,1-2H3,(H,19,21)(H,20,22). The molecule has 0 atom stereocenters. The lowest BCUT2D eigenvalue weighted by Gasteiger charge is -2.13. The molecule has 2 aromatic rings. The third-order valence-corrected chi connectivity index (χ3v) is 3.21. The second-order valence-corrected chi connectivity index (χ2v) is 4.99. The third kappa shape index (κ3) is 4.31. The summed E-state index contributed by atoms with van der Waals surface area (Å²) < 4.78 is 5.14. The Morgan fingerprint density at radius 1 is 1.09 bits per heavy atom. The number of benzene rings is 2. The van der Waals surface area contributed by atoms with E-state index in [4.69, 9.17) is 10.5 Å². The highest BCUT2D eigenvalue weighted by Crippen LogP contribution is 2.27. The van der Waals surface area contributed by atoms with Gasteiger partial charge in [-0.2, -0.15) is 0 Å². The maximum Gasteiger partial charge on any atom is 0.255 e. The number of hydrogen-bond donors (Lipinski definition) is 3. The number of carbonyl (C=O) groups excluding carboxylic acids is 2. The molecule has 0 bridgehead atoms. The van der Waals surface area contributed by atoms with Crippen LogP contribution in [0.25, 0.3) is 0 Å². The summed E-state index contributed by atoms with van der Waals surface area (Å²) in [4.78, 5) is 23.9. The summed E-state index contributed by atoms with van der Waals surface area (Å²) >= 11 is 0. The monoisotopic (exact) mass is 313 g/mol. The largest absolute Gasteiger partial charge is 0.497 e. The van der Waals surface area contributed by atoms with E-state index in [0.29, 0.717) is 22.7 Å². The number of ether oxygens (including phenoxy) is 1. The lowest BCUT2D eigenvalue weighted by molar-refractivity contribution is -0.114. The fourth-order valence-electron chi connectivity index (χ4n) is 2.04. The Labute approximate surface area is 134 Å². The van der Waals surface area contributed by atoms with Crippen LogP contribution < -0.4 is 21.1 Å². The molecule has 0 aliphatic carbocycles. The molecule has 0 unspecified atom stereocenters. The second-order valence-electron chi connectivity index (χ2n) is 4.99. The predicted octanol–water partition coefficient (Wildman–Crippen LogP) is 2.15. The highest BCUT2D eigenvalue weighted by atomic mass is 16.5. The van der Waals surface area contributed by atoms with Gasteiger partial charge in [0.2, 0.25) is 5.91 Å². The third-order valence-electron chi connectivity index (χ3n) is 3.21. The number of methoxy groups -OCH3 is 1. The number of nitrogens with two attached hydrogens (primary N) is 1. The zero-order valence-electron chi connectivity index (χ0n) is 13.1. The molecule has 120 valence electrons. The van der Waals surface area contributed by atoms with Crippen LogP contribution >= 0.6 is 0 Å². The second kappa shape index (κ2) is 7.42. The summed E-state index contributed by atoms with van der Waals surface area (Å²) in [6, 6.07) is 12.2. The van der Waals surface area contributed by atoms with E-state index in [1.54, 1.807) is 30.3 Å². The smallest absolute Gasteiger partial charge is 0.255 e. The average Bonchev–Trinajstić information content (AvgIpc) is 2.56. The zero-order chi connectivity index (χ0) is 16.8. The van der Waals surface area contributed by atoms with E-state index in [2.05, 4.69) is 10.6 Å². The van der Waals surface area contributed by atoms with Crippen molar-refractivity contribution in [3.8, 4) is 5.75 Å². The van der Waals surface area contributed by atoms with Crippen molar-refractivity contribution < 1.29 is 14.3 Å². The van der Waals surface area contributed by atoms with Crippen LogP contribution in [0, 0.1) is 6.92 Å². The first kappa shape index (κ1) is 16.5. The molecule has 0 heterocycles. The lowest BCUT2D eigenvalue weighted by atomic mass is 10.1. The Bertz CT molecular complexity index is 729. The van der Waals surface area contributed by atoms with Crippen LogP contribution in [-0.2, 0) is 4.79 Å². The van der Waals surface area contributed by atoms with Gasteiger partial charge in [-0.25, -0.2) is 0 Å². The van der Waals surface area contributed by atoms with Gasteiger partial charge in [0.15, 0.2) is 0 Å². The molecule has 2 amide bonds. The van der Waals surface area contributed by atoms with Gasteiger partial charge in [0.1, 0.15) is 5.75 Å². The number of aryl methyl sites for hydroxylation is 1. The Morgan fingerprint density at radius 2 is 1.87 bits per heavy atom. The predicted molar refractivity (Wildman–Crippen MR) is 89.8 cm³/mol. The van der Waals surface area contributed by atoms with E-state index < -0.39 is 0 Å². The summed E-state index contributed by atoms with van der Waals surface area (Å²) in [5, 5.41) is 5.43. The van der Waals surface area contributed by atoms with E-state index in [1.165, 1.54) is 7.11 Å². The molecule has 6 nitrogen and oxygen atoms in total. The molecule has 0 radical (unpaired) electrons. The number of anilines is 2. The summed E-state index contributed by atoms with van der Waals surface area (Å²) in [7, 11) is 1.52. The molecule has 2 rings (SSSR count). The van der Waals surface area contributed by atoms with Crippen molar-refractivity contribution in [2.24, 2.45) is 5.73 Å². The number of rotatable bonds is 5.